The SMILES string of the molecule is CC(C)CN1CCC[C@@H]1c1cccnc1OC(C)C. The van der Waals surface area contributed by atoms with Crippen molar-refractivity contribution in [2.24, 2.45) is 5.92 Å². The number of hydrogen-bond donors (Lipinski definition) is 0. The molecule has 1 atom stereocenters. The molecule has 106 valence electrons. The Hall–Kier alpha value is -1.09. The van der Waals surface area contributed by atoms with Gasteiger partial charge in [-0.15, -0.1) is 0 Å². The quantitative estimate of drug-likeness (QED) is 0.809. The van der Waals surface area contributed by atoms with Gasteiger partial charge in [-0.2, -0.15) is 0 Å². The van der Waals surface area contributed by atoms with E-state index in [4.69, 9.17) is 4.74 Å². The fourth-order valence-electron chi connectivity index (χ4n) is 2.84. The maximum atomic E-state index is 5.87. The highest BCUT2D eigenvalue weighted by Crippen LogP contribution is 2.36. The van der Waals surface area contributed by atoms with Crippen molar-refractivity contribution in [2.75, 3.05) is 13.1 Å². The molecule has 1 fully saturated rings. The molecular formula is C16H26N2O. The average molecular weight is 262 g/mol. The topological polar surface area (TPSA) is 25.4 Å². The van der Waals surface area contributed by atoms with Crippen molar-refractivity contribution in [1.29, 1.82) is 0 Å². The highest BCUT2D eigenvalue weighted by Gasteiger charge is 2.29. The normalized spacial score (nSPS) is 20.4. The monoisotopic (exact) mass is 262 g/mol. The van der Waals surface area contributed by atoms with Crippen LogP contribution < -0.4 is 4.74 Å². The molecule has 0 saturated carbocycles. The first kappa shape index (κ1) is 14.3. The zero-order valence-corrected chi connectivity index (χ0v) is 12.6. The van der Waals surface area contributed by atoms with Gasteiger partial charge in [0.1, 0.15) is 0 Å². The van der Waals surface area contributed by atoms with E-state index in [1.165, 1.54) is 24.9 Å². The lowest BCUT2D eigenvalue weighted by molar-refractivity contribution is 0.202. The van der Waals surface area contributed by atoms with Crippen molar-refractivity contribution >= 4 is 0 Å². The van der Waals surface area contributed by atoms with Crippen LogP contribution in [0.5, 0.6) is 5.88 Å². The molecule has 0 N–H and O–H groups in total. The van der Waals surface area contributed by atoms with Crippen molar-refractivity contribution in [3.63, 3.8) is 0 Å². The lowest BCUT2D eigenvalue weighted by atomic mass is 10.0. The van der Waals surface area contributed by atoms with E-state index < -0.39 is 0 Å². The lowest BCUT2D eigenvalue weighted by Crippen LogP contribution is -2.28. The van der Waals surface area contributed by atoms with Crippen LogP contribution in [0.1, 0.15) is 52.1 Å². The number of rotatable bonds is 5. The van der Waals surface area contributed by atoms with Crippen LogP contribution in [0, 0.1) is 5.92 Å². The fourth-order valence-corrected chi connectivity index (χ4v) is 2.84. The zero-order chi connectivity index (χ0) is 13.8. The van der Waals surface area contributed by atoms with Crippen LogP contribution in [0.2, 0.25) is 0 Å². The second-order valence-electron chi connectivity index (χ2n) is 6.11. The Morgan fingerprint density at radius 3 is 2.84 bits per heavy atom. The van der Waals surface area contributed by atoms with Gasteiger partial charge in [-0.25, -0.2) is 4.98 Å². The van der Waals surface area contributed by atoms with Crippen molar-refractivity contribution in [3.8, 4) is 5.88 Å². The Kier molecular flexibility index (Phi) is 4.81. The van der Waals surface area contributed by atoms with Gasteiger partial charge in [0.05, 0.1) is 6.10 Å². The van der Waals surface area contributed by atoms with E-state index in [2.05, 4.69) is 43.6 Å². The van der Waals surface area contributed by atoms with E-state index in [-0.39, 0.29) is 6.10 Å². The third-order valence-electron chi connectivity index (χ3n) is 3.47. The summed E-state index contributed by atoms with van der Waals surface area (Å²) >= 11 is 0. The first-order chi connectivity index (χ1) is 9.08. The zero-order valence-electron chi connectivity index (χ0n) is 12.6. The number of ether oxygens (including phenoxy) is 1. The van der Waals surface area contributed by atoms with Crippen LogP contribution in [-0.2, 0) is 0 Å². The Bertz CT molecular complexity index is 403. The third kappa shape index (κ3) is 3.69. The number of likely N-dealkylation sites (tertiary alicyclic amines) is 1. The molecule has 0 unspecified atom stereocenters. The predicted molar refractivity (Wildman–Crippen MR) is 78.4 cm³/mol. The lowest BCUT2D eigenvalue weighted by Gasteiger charge is -2.27. The molecule has 0 bridgehead atoms. The van der Waals surface area contributed by atoms with Crippen LogP contribution >= 0.6 is 0 Å². The number of aromatic nitrogens is 1. The van der Waals surface area contributed by atoms with Crippen LogP contribution in [0.25, 0.3) is 0 Å². The molecule has 2 heterocycles. The summed E-state index contributed by atoms with van der Waals surface area (Å²) < 4.78 is 5.87. The van der Waals surface area contributed by atoms with E-state index in [1.54, 1.807) is 0 Å². The summed E-state index contributed by atoms with van der Waals surface area (Å²) in [6, 6.07) is 4.67. The van der Waals surface area contributed by atoms with Gasteiger partial charge in [-0.05, 0) is 45.2 Å². The predicted octanol–water partition coefficient (Wildman–Crippen LogP) is 3.66. The highest BCUT2D eigenvalue weighted by molar-refractivity contribution is 5.30. The Morgan fingerprint density at radius 2 is 2.16 bits per heavy atom. The average Bonchev–Trinajstić information content (AvgIpc) is 2.76. The van der Waals surface area contributed by atoms with Gasteiger partial charge in [0.2, 0.25) is 5.88 Å². The number of pyridine rings is 1. The molecule has 1 aromatic rings. The molecule has 0 amide bonds. The molecule has 2 rings (SSSR count). The summed E-state index contributed by atoms with van der Waals surface area (Å²) in [5, 5.41) is 0. The van der Waals surface area contributed by atoms with Gasteiger partial charge in [-0.3, -0.25) is 4.90 Å². The van der Waals surface area contributed by atoms with Gasteiger partial charge in [0.15, 0.2) is 0 Å². The molecule has 0 radical (unpaired) electrons. The van der Waals surface area contributed by atoms with Gasteiger partial charge in [0.25, 0.3) is 0 Å². The molecule has 0 aromatic carbocycles. The van der Waals surface area contributed by atoms with Crippen molar-refractivity contribution in [1.82, 2.24) is 9.88 Å². The van der Waals surface area contributed by atoms with Gasteiger partial charge < -0.3 is 4.74 Å². The van der Waals surface area contributed by atoms with E-state index in [0.717, 1.165) is 12.4 Å². The van der Waals surface area contributed by atoms with Gasteiger partial charge in [0, 0.05) is 24.3 Å². The highest BCUT2D eigenvalue weighted by atomic mass is 16.5. The molecule has 1 aliphatic heterocycles. The van der Waals surface area contributed by atoms with Crippen LogP contribution in [-0.4, -0.2) is 29.1 Å². The smallest absolute Gasteiger partial charge is 0.218 e. The van der Waals surface area contributed by atoms with Gasteiger partial charge in [-0.1, -0.05) is 19.9 Å². The summed E-state index contributed by atoms with van der Waals surface area (Å²) in [7, 11) is 0. The van der Waals surface area contributed by atoms with Crippen molar-refractivity contribution in [2.45, 2.75) is 52.7 Å². The summed E-state index contributed by atoms with van der Waals surface area (Å²) in [5.74, 6) is 1.52. The second kappa shape index (κ2) is 6.38. The van der Waals surface area contributed by atoms with E-state index in [9.17, 15) is 0 Å². The summed E-state index contributed by atoms with van der Waals surface area (Å²) in [5.41, 5.74) is 1.26. The minimum atomic E-state index is 0.175. The van der Waals surface area contributed by atoms with E-state index in [0.29, 0.717) is 12.0 Å². The molecule has 1 aliphatic rings. The van der Waals surface area contributed by atoms with Crippen molar-refractivity contribution < 1.29 is 4.74 Å². The Labute approximate surface area is 117 Å². The molecular weight excluding hydrogens is 236 g/mol. The maximum absolute atomic E-state index is 5.87. The minimum absolute atomic E-state index is 0.175. The van der Waals surface area contributed by atoms with Gasteiger partial charge >= 0.3 is 0 Å². The van der Waals surface area contributed by atoms with Crippen molar-refractivity contribution in [3.05, 3.63) is 23.9 Å². The van der Waals surface area contributed by atoms with Crippen LogP contribution in [0.15, 0.2) is 18.3 Å². The Morgan fingerprint density at radius 1 is 1.37 bits per heavy atom. The minimum Gasteiger partial charge on any atom is -0.475 e. The molecule has 3 heteroatoms. The Balaban J connectivity index is 2.20. The standard InChI is InChI=1S/C16H26N2O/c1-12(2)11-18-10-6-8-15(18)14-7-5-9-17-16(14)19-13(3)4/h5,7,9,12-13,15H,6,8,10-11H2,1-4H3/t15-/m1/s1. The summed E-state index contributed by atoms with van der Waals surface area (Å²) in [6.45, 7) is 11.0. The molecule has 1 saturated heterocycles. The number of hydrogen-bond acceptors (Lipinski definition) is 3. The first-order valence-corrected chi connectivity index (χ1v) is 7.43. The third-order valence-corrected chi connectivity index (χ3v) is 3.47. The molecule has 3 nitrogen and oxygen atoms in total. The summed E-state index contributed by atoms with van der Waals surface area (Å²) in [4.78, 5) is 7.01. The molecule has 1 aromatic heterocycles. The molecule has 19 heavy (non-hydrogen) atoms. The van der Waals surface area contributed by atoms with Crippen LogP contribution in [0.4, 0.5) is 0 Å². The first-order valence-electron chi connectivity index (χ1n) is 7.43. The molecule has 0 spiro atoms. The van der Waals surface area contributed by atoms with E-state index in [1.807, 2.05) is 12.3 Å². The molecule has 0 aliphatic carbocycles. The number of nitrogens with zero attached hydrogens (tertiary/aromatic N) is 2. The summed E-state index contributed by atoms with van der Waals surface area (Å²) in [6.07, 6.45) is 4.48. The largest absolute Gasteiger partial charge is 0.475 e. The van der Waals surface area contributed by atoms with E-state index >= 15 is 0 Å². The second-order valence-corrected chi connectivity index (χ2v) is 6.11. The fraction of sp³-hybridized carbons (Fsp3) is 0.688. The van der Waals surface area contributed by atoms with Crippen LogP contribution in [0.3, 0.4) is 0 Å². The maximum Gasteiger partial charge on any atom is 0.218 e.